The zero-order valence-electron chi connectivity index (χ0n) is 15.8. The van der Waals surface area contributed by atoms with E-state index in [2.05, 4.69) is 58.7 Å². The molecule has 3 N–H and O–H groups in total. The lowest BCUT2D eigenvalue weighted by Gasteiger charge is -2.26. The molecule has 142 valence electrons. The quantitative estimate of drug-likeness (QED) is 0.859. The van der Waals surface area contributed by atoms with E-state index in [1.807, 2.05) is 6.07 Å². The van der Waals surface area contributed by atoms with Crippen molar-refractivity contribution in [3.63, 3.8) is 0 Å². The third-order valence-electron chi connectivity index (χ3n) is 6.03. The van der Waals surface area contributed by atoms with Gasteiger partial charge in [0.05, 0.1) is 6.04 Å². The zero-order chi connectivity index (χ0) is 18.6. The van der Waals surface area contributed by atoms with Gasteiger partial charge in [0.25, 0.3) is 0 Å². The van der Waals surface area contributed by atoms with Crippen molar-refractivity contribution in [3.8, 4) is 0 Å². The molecule has 0 aromatic heterocycles. The number of carbonyl (C=O) groups excluding carboxylic acids is 1. The molecule has 1 fully saturated rings. The Hall–Kier alpha value is -2.17. The number of nitrogens with two attached hydrogens (primary N) is 1. The van der Waals surface area contributed by atoms with Crippen LogP contribution < -0.4 is 11.1 Å². The molecule has 1 saturated heterocycles. The van der Waals surface area contributed by atoms with Crippen LogP contribution in [0.4, 0.5) is 0 Å². The number of hydrogen-bond acceptors (Lipinski definition) is 3. The number of likely N-dealkylation sites (tertiary alicyclic amines) is 1. The lowest BCUT2D eigenvalue weighted by Crippen LogP contribution is -2.34. The molecule has 4 rings (SSSR count). The fourth-order valence-electron chi connectivity index (χ4n) is 4.58. The molecule has 27 heavy (non-hydrogen) atoms. The van der Waals surface area contributed by atoms with Crippen LogP contribution in [0.2, 0.25) is 0 Å². The fourth-order valence-corrected chi connectivity index (χ4v) is 4.58. The standard InChI is InChI=1S/C23H29N3O/c24-21-16-26(15-20(21)18-7-2-1-3-8-18)14-13-23(27)25-22-12-6-10-17-9-4-5-11-19(17)22/h1-5,7-9,11,20-22H,6,10,12-16,24H2,(H,25,27)/t20-,21+,22?/m0/s1. The van der Waals surface area contributed by atoms with Crippen molar-refractivity contribution in [1.82, 2.24) is 10.2 Å². The van der Waals surface area contributed by atoms with Crippen LogP contribution in [-0.4, -0.2) is 36.5 Å². The Kier molecular flexibility index (Phi) is 5.55. The molecular weight excluding hydrogens is 334 g/mol. The Bertz CT molecular complexity index is 776. The van der Waals surface area contributed by atoms with Gasteiger partial charge in [0, 0.05) is 38.0 Å². The van der Waals surface area contributed by atoms with Crippen LogP contribution in [0.15, 0.2) is 54.6 Å². The van der Waals surface area contributed by atoms with Gasteiger partial charge in [-0.15, -0.1) is 0 Å². The highest BCUT2D eigenvalue weighted by atomic mass is 16.1. The summed E-state index contributed by atoms with van der Waals surface area (Å²) in [5, 5.41) is 3.26. The molecule has 1 aliphatic carbocycles. The van der Waals surface area contributed by atoms with Crippen molar-refractivity contribution in [2.45, 2.75) is 43.7 Å². The minimum atomic E-state index is 0.140. The van der Waals surface area contributed by atoms with Gasteiger partial charge in [0.1, 0.15) is 0 Å². The fraction of sp³-hybridized carbons (Fsp3) is 0.435. The van der Waals surface area contributed by atoms with Gasteiger partial charge < -0.3 is 16.0 Å². The lowest BCUT2D eigenvalue weighted by atomic mass is 9.87. The van der Waals surface area contributed by atoms with Crippen molar-refractivity contribution < 1.29 is 4.79 Å². The maximum Gasteiger partial charge on any atom is 0.221 e. The second-order valence-electron chi connectivity index (χ2n) is 7.90. The third kappa shape index (κ3) is 4.23. The normalized spacial score (nSPS) is 25.1. The van der Waals surface area contributed by atoms with E-state index in [-0.39, 0.29) is 18.0 Å². The summed E-state index contributed by atoms with van der Waals surface area (Å²) in [6.45, 7) is 2.57. The molecule has 2 aromatic rings. The highest BCUT2D eigenvalue weighted by Gasteiger charge is 2.31. The second-order valence-corrected chi connectivity index (χ2v) is 7.90. The Morgan fingerprint density at radius 3 is 2.70 bits per heavy atom. The summed E-state index contributed by atoms with van der Waals surface area (Å²) in [7, 11) is 0. The first-order valence-corrected chi connectivity index (χ1v) is 10.1. The molecule has 3 atom stereocenters. The van der Waals surface area contributed by atoms with Crippen LogP contribution in [0, 0.1) is 0 Å². The number of benzene rings is 2. The number of fused-ring (bicyclic) bond motifs is 1. The molecule has 1 unspecified atom stereocenters. The largest absolute Gasteiger partial charge is 0.349 e. The lowest BCUT2D eigenvalue weighted by molar-refractivity contribution is -0.122. The summed E-state index contributed by atoms with van der Waals surface area (Å²) in [5.41, 5.74) is 10.3. The smallest absolute Gasteiger partial charge is 0.221 e. The molecular formula is C23H29N3O. The molecule has 4 heteroatoms. The molecule has 0 bridgehead atoms. The van der Waals surface area contributed by atoms with Crippen molar-refractivity contribution in [3.05, 3.63) is 71.3 Å². The molecule has 1 heterocycles. The number of aryl methyl sites for hydroxylation is 1. The minimum absolute atomic E-state index is 0.140. The van der Waals surface area contributed by atoms with E-state index in [1.54, 1.807) is 0 Å². The van der Waals surface area contributed by atoms with Gasteiger partial charge in [0.15, 0.2) is 0 Å². The topological polar surface area (TPSA) is 58.4 Å². The predicted octanol–water partition coefficient (Wildman–Crippen LogP) is 3.00. The van der Waals surface area contributed by atoms with Gasteiger partial charge in [0.2, 0.25) is 5.91 Å². The first-order valence-electron chi connectivity index (χ1n) is 10.1. The van der Waals surface area contributed by atoms with Gasteiger partial charge in [-0.1, -0.05) is 54.6 Å². The van der Waals surface area contributed by atoms with Gasteiger partial charge in [-0.05, 0) is 36.0 Å². The molecule has 2 aliphatic rings. The van der Waals surface area contributed by atoms with E-state index in [9.17, 15) is 4.79 Å². The van der Waals surface area contributed by atoms with Crippen LogP contribution >= 0.6 is 0 Å². The Labute approximate surface area is 161 Å². The number of hydrogen-bond donors (Lipinski definition) is 2. The zero-order valence-corrected chi connectivity index (χ0v) is 15.8. The first-order chi connectivity index (χ1) is 13.2. The summed E-state index contributed by atoms with van der Waals surface area (Å²) in [6, 6.07) is 19.3. The van der Waals surface area contributed by atoms with Crippen LogP contribution in [0.1, 0.15) is 47.9 Å². The molecule has 1 amide bonds. The Morgan fingerprint density at radius 2 is 1.85 bits per heavy atom. The van der Waals surface area contributed by atoms with E-state index >= 15 is 0 Å². The number of nitrogens with zero attached hydrogens (tertiary/aromatic N) is 1. The third-order valence-corrected chi connectivity index (χ3v) is 6.03. The molecule has 0 radical (unpaired) electrons. The summed E-state index contributed by atoms with van der Waals surface area (Å²) in [5.74, 6) is 0.507. The van der Waals surface area contributed by atoms with E-state index in [0.29, 0.717) is 12.3 Å². The van der Waals surface area contributed by atoms with Crippen molar-refractivity contribution in [1.29, 1.82) is 0 Å². The van der Waals surface area contributed by atoms with E-state index in [1.165, 1.54) is 16.7 Å². The van der Waals surface area contributed by atoms with Gasteiger partial charge >= 0.3 is 0 Å². The first kappa shape index (κ1) is 18.2. The molecule has 0 saturated carbocycles. The van der Waals surface area contributed by atoms with E-state index < -0.39 is 0 Å². The molecule has 1 aliphatic heterocycles. The highest BCUT2D eigenvalue weighted by molar-refractivity contribution is 5.76. The second kappa shape index (κ2) is 8.24. The number of amides is 1. The maximum absolute atomic E-state index is 12.5. The monoisotopic (exact) mass is 363 g/mol. The van der Waals surface area contributed by atoms with Gasteiger partial charge in [-0.25, -0.2) is 0 Å². The molecule has 0 spiro atoms. The molecule has 2 aromatic carbocycles. The summed E-state index contributed by atoms with van der Waals surface area (Å²) < 4.78 is 0. The number of carbonyl (C=O) groups is 1. The van der Waals surface area contributed by atoms with Gasteiger partial charge in [-0.2, -0.15) is 0 Å². The van der Waals surface area contributed by atoms with Crippen molar-refractivity contribution in [2.75, 3.05) is 19.6 Å². The van der Waals surface area contributed by atoms with Crippen molar-refractivity contribution in [2.24, 2.45) is 5.73 Å². The predicted molar refractivity (Wildman–Crippen MR) is 108 cm³/mol. The van der Waals surface area contributed by atoms with Crippen LogP contribution in [0.25, 0.3) is 0 Å². The van der Waals surface area contributed by atoms with Gasteiger partial charge in [-0.3, -0.25) is 4.79 Å². The van der Waals surface area contributed by atoms with Crippen molar-refractivity contribution >= 4 is 5.91 Å². The summed E-state index contributed by atoms with van der Waals surface area (Å²) in [6.07, 6.45) is 3.83. The number of nitrogens with one attached hydrogen (secondary N) is 1. The maximum atomic E-state index is 12.5. The van der Waals surface area contributed by atoms with Crippen LogP contribution in [0.3, 0.4) is 0 Å². The van der Waals surface area contributed by atoms with Crippen LogP contribution in [-0.2, 0) is 11.2 Å². The Balaban J connectivity index is 1.29. The average Bonchev–Trinajstić information content (AvgIpc) is 3.08. The van der Waals surface area contributed by atoms with E-state index in [4.69, 9.17) is 5.73 Å². The molecule has 4 nitrogen and oxygen atoms in total. The average molecular weight is 364 g/mol. The SMILES string of the molecule is N[C@@H]1CN(CCC(=O)NC2CCCc3ccccc32)C[C@H]1c1ccccc1. The highest BCUT2D eigenvalue weighted by Crippen LogP contribution is 2.30. The summed E-state index contributed by atoms with van der Waals surface area (Å²) in [4.78, 5) is 14.9. The summed E-state index contributed by atoms with van der Waals surface area (Å²) >= 11 is 0. The van der Waals surface area contributed by atoms with Crippen LogP contribution in [0.5, 0.6) is 0 Å². The Morgan fingerprint density at radius 1 is 1.07 bits per heavy atom. The van der Waals surface area contributed by atoms with E-state index in [0.717, 1.165) is 38.9 Å². The minimum Gasteiger partial charge on any atom is -0.349 e. The number of rotatable bonds is 5.